The van der Waals surface area contributed by atoms with Crippen LogP contribution in [-0.4, -0.2) is 84.7 Å². The third-order valence-electron chi connectivity index (χ3n) is 6.49. The predicted octanol–water partition coefficient (Wildman–Crippen LogP) is -0.123. The third kappa shape index (κ3) is 9.81. The summed E-state index contributed by atoms with van der Waals surface area (Å²) in [6.45, 7) is 3.74. The van der Waals surface area contributed by atoms with Gasteiger partial charge in [-0.1, -0.05) is 19.3 Å². The van der Waals surface area contributed by atoms with Crippen molar-refractivity contribution in [3.8, 4) is 0 Å². The van der Waals surface area contributed by atoms with Gasteiger partial charge in [-0.3, -0.25) is 19.8 Å². The second kappa shape index (κ2) is 13.7. The SMILES string of the molecule is CN(CC(=O)O)NC(=O)C[C@@H](NC(=O)[C@@H](N)CCCCCN1CCCCC1)[C@H]1C[C@H]1CN. The number of likely N-dealkylation sites (N-methyl/N-ethyl adjacent to an activating group) is 1. The first-order chi connectivity index (χ1) is 15.3. The van der Waals surface area contributed by atoms with Crippen LogP contribution in [0, 0.1) is 11.8 Å². The molecule has 1 saturated heterocycles. The number of likely N-dealkylation sites (tertiary alicyclic amines) is 1. The molecule has 7 N–H and O–H groups in total. The van der Waals surface area contributed by atoms with Gasteiger partial charge >= 0.3 is 5.97 Å². The van der Waals surface area contributed by atoms with Crippen LogP contribution in [0.5, 0.6) is 0 Å². The minimum Gasteiger partial charge on any atom is -0.480 e. The van der Waals surface area contributed by atoms with Gasteiger partial charge in [-0.2, -0.15) is 0 Å². The molecule has 2 fully saturated rings. The van der Waals surface area contributed by atoms with Crippen molar-refractivity contribution in [3.05, 3.63) is 0 Å². The fourth-order valence-corrected chi connectivity index (χ4v) is 4.53. The van der Waals surface area contributed by atoms with Gasteiger partial charge in [-0.15, -0.1) is 0 Å². The summed E-state index contributed by atoms with van der Waals surface area (Å²) in [4.78, 5) is 38.3. The monoisotopic (exact) mass is 454 g/mol. The lowest BCUT2D eigenvalue weighted by Crippen LogP contribution is -2.50. The van der Waals surface area contributed by atoms with Crippen molar-refractivity contribution in [3.63, 3.8) is 0 Å². The lowest BCUT2D eigenvalue weighted by molar-refractivity contribution is -0.139. The fraction of sp³-hybridized carbons (Fsp3) is 0.864. The van der Waals surface area contributed by atoms with E-state index in [0.717, 1.165) is 32.2 Å². The number of rotatable bonds is 15. The van der Waals surface area contributed by atoms with Crippen LogP contribution in [0.15, 0.2) is 0 Å². The van der Waals surface area contributed by atoms with E-state index in [0.29, 0.717) is 13.0 Å². The van der Waals surface area contributed by atoms with Gasteiger partial charge in [0.2, 0.25) is 11.8 Å². The molecule has 1 aliphatic carbocycles. The highest BCUT2D eigenvalue weighted by Crippen LogP contribution is 2.41. The second-order valence-corrected chi connectivity index (χ2v) is 9.36. The summed E-state index contributed by atoms with van der Waals surface area (Å²) in [5, 5.41) is 13.0. The van der Waals surface area contributed by atoms with Gasteiger partial charge in [-0.25, -0.2) is 5.01 Å². The Morgan fingerprint density at radius 2 is 1.88 bits per heavy atom. The summed E-state index contributed by atoms with van der Waals surface area (Å²) < 4.78 is 0. The Balaban J connectivity index is 1.71. The smallest absolute Gasteiger partial charge is 0.319 e. The molecule has 2 amide bonds. The van der Waals surface area contributed by atoms with Gasteiger partial charge in [0, 0.05) is 19.5 Å². The number of piperidine rings is 1. The van der Waals surface area contributed by atoms with Crippen LogP contribution in [0.2, 0.25) is 0 Å². The molecule has 32 heavy (non-hydrogen) atoms. The van der Waals surface area contributed by atoms with E-state index in [2.05, 4.69) is 15.6 Å². The van der Waals surface area contributed by atoms with E-state index in [1.807, 2.05) is 0 Å². The van der Waals surface area contributed by atoms with Crippen LogP contribution in [0.4, 0.5) is 0 Å². The summed E-state index contributed by atoms with van der Waals surface area (Å²) in [7, 11) is 1.49. The van der Waals surface area contributed by atoms with E-state index in [-0.39, 0.29) is 42.7 Å². The van der Waals surface area contributed by atoms with Crippen molar-refractivity contribution in [2.24, 2.45) is 23.3 Å². The quantitative estimate of drug-likeness (QED) is 0.169. The predicted molar refractivity (Wildman–Crippen MR) is 122 cm³/mol. The molecule has 184 valence electrons. The largest absolute Gasteiger partial charge is 0.480 e. The summed E-state index contributed by atoms with van der Waals surface area (Å²) in [5.41, 5.74) is 14.4. The first kappa shape index (κ1) is 26.5. The topological polar surface area (TPSA) is 154 Å². The van der Waals surface area contributed by atoms with E-state index < -0.39 is 12.0 Å². The van der Waals surface area contributed by atoms with E-state index in [9.17, 15) is 14.4 Å². The highest BCUT2D eigenvalue weighted by molar-refractivity contribution is 5.83. The molecule has 10 heteroatoms. The summed E-state index contributed by atoms with van der Waals surface area (Å²) >= 11 is 0. The van der Waals surface area contributed by atoms with E-state index in [1.165, 1.54) is 44.4 Å². The van der Waals surface area contributed by atoms with E-state index in [1.54, 1.807) is 0 Å². The minimum atomic E-state index is -1.04. The van der Waals surface area contributed by atoms with Crippen molar-refractivity contribution >= 4 is 17.8 Å². The maximum Gasteiger partial charge on any atom is 0.319 e. The van der Waals surface area contributed by atoms with Crippen LogP contribution >= 0.6 is 0 Å². The zero-order valence-electron chi connectivity index (χ0n) is 19.4. The number of nitrogens with one attached hydrogen (secondary N) is 2. The van der Waals surface area contributed by atoms with Gasteiger partial charge in [0.15, 0.2) is 0 Å². The molecular weight excluding hydrogens is 412 g/mol. The van der Waals surface area contributed by atoms with Gasteiger partial charge in [0.25, 0.3) is 0 Å². The summed E-state index contributed by atoms with van der Waals surface area (Å²) in [6, 6.07) is -0.945. The van der Waals surface area contributed by atoms with Gasteiger partial charge in [-0.05, 0) is 70.1 Å². The molecule has 4 atom stereocenters. The zero-order valence-corrected chi connectivity index (χ0v) is 19.4. The Morgan fingerprint density at radius 3 is 2.50 bits per heavy atom. The maximum atomic E-state index is 12.6. The third-order valence-corrected chi connectivity index (χ3v) is 6.49. The molecule has 0 unspecified atom stereocenters. The zero-order chi connectivity index (χ0) is 23.5. The highest BCUT2D eigenvalue weighted by Gasteiger charge is 2.43. The minimum absolute atomic E-state index is 0.0689. The molecular formula is C22H42N6O4. The number of carbonyl (C=O) groups is 3. The van der Waals surface area contributed by atoms with Crippen molar-refractivity contribution in [1.82, 2.24) is 20.7 Å². The number of unbranched alkanes of at least 4 members (excludes halogenated alkanes) is 2. The Hall–Kier alpha value is -1.75. The first-order valence-corrected chi connectivity index (χ1v) is 12.0. The highest BCUT2D eigenvalue weighted by atomic mass is 16.4. The van der Waals surface area contributed by atoms with Crippen LogP contribution in [-0.2, 0) is 14.4 Å². The molecule has 2 aliphatic rings. The van der Waals surface area contributed by atoms with Crippen molar-refractivity contribution < 1.29 is 19.5 Å². The number of hydrogen-bond donors (Lipinski definition) is 5. The number of nitrogens with zero attached hydrogens (tertiary/aromatic N) is 2. The molecule has 1 aliphatic heterocycles. The first-order valence-electron chi connectivity index (χ1n) is 12.0. The maximum absolute atomic E-state index is 12.6. The lowest BCUT2D eigenvalue weighted by Gasteiger charge is -2.26. The van der Waals surface area contributed by atoms with Crippen molar-refractivity contribution in [2.75, 3.05) is 39.8 Å². The number of hydrogen-bond acceptors (Lipinski definition) is 7. The fourth-order valence-electron chi connectivity index (χ4n) is 4.53. The van der Waals surface area contributed by atoms with Crippen LogP contribution < -0.4 is 22.2 Å². The van der Waals surface area contributed by atoms with Crippen LogP contribution in [0.25, 0.3) is 0 Å². The second-order valence-electron chi connectivity index (χ2n) is 9.36. The Bertz CT molecular complexity index is 613. The lowest BCUT2D eigenvalue weighted by atomic mass is 10.0. The average Bonchev–Trinajstić information content (AvgIpc) is 3.52. The molecule has 0 aromatic carbocycles. The Morgan fingerprint density at radius 1 is 1.16 bits per heavy atom. The number of carboxylic acid groups (broad SMARTS) is 1. The molecule has 0 radical (unpaired) electrons. The van der Waals surface area contributed by atoms with Gasteiger partial charge < -0.3 is 26.8 Å². The average molecular weight is 455 g/mol. The summed E-state index contributed by atoms with van der Waals surface area (Å²) in [6.07, 6.45) is 8.58. The molecule has 10 nitrogen and oxygen atoms in total. The normalized spacial score (nSPS) is 22.9. The number of nitrogens with two attached hydrogens (primary N) is 2. The number of carboxylic acids is 1. The number of amides is 2. The molecule has 0 bridgehead atoms. The van der Waals surface area contributed by atoms with E-state index >= 15 is 0 Å². The standard InChI is InChI=1S/C22H42N6O4/c1-27(15-21(30)31)26-20(29)13-19(17-12-16(17)14-23)25-22(32)18(24)8-4-2-5-9-28-10-6-3-7-11-28/h16-19H,2-15,23-24H2,1H3,(H,25,32)(H,26,29)(H,30,31)/t16-,17-,18-,19+/m0/s1. The van der Waals surface area contributed by atoms with Crippen molar-refractivity contribution in [1.29, 1.82) is 0 Å². The molecule has 0 aromatic rings. The van der Waals surface area contributed by atoms with Crippen LogP contribution in [0.3, 0.4) is 0 Å². The Labute approximate surface area is 191 Å². The Kier molecular flexibility index (Phi) is 11.4. The molecule has 1 saturated carbocycles. The molecule has 0 aromatic heterocycles. The van der Waals surface area contributed by atoms with Crippen LogP contribution in [0.1, 0.15) is 57.8 Å². The van der Waals surface area contributed by atoms with Gasteiger partial charge in [0.1, 0.15) is 6.54 Å². The number of aliphatic carboxylic acids is 1. The van der Waals surface area contributed by atoms with Gasteiger partial charge in [0.05, 0.1) is 6.04 Å². The molecule has 0 spiro atoms. The van der Waals surface area contributed by atoms with E-state index in [4.69, 9.17) is 16.6 Å². The number of hydrazine groups is 1. The summed E-state index contributed by atoms with van der Waals surface area (Å²) in [5.74, 6) is -1.18. The molecule has 2 rings (SSSR count). The van der Waals surface area contributed by atoms with Crippen molar-refractivity contribution in [2.45, 2.75) is 69.9 Å². The number of carbonyl (C=O) groups excluding carboxylic acids is 2. The molecule has 1 heterocycles.